The van der Waals surface area contributed by atoms with Crippen molar-refractivity contribution in [2.24, 2.45) is 0 Å². The predicted molar refractivity (Wildman–Crippen MR) is 101 cm³/mol. The fourth-order valence-corrected chi connectivity index (χ4v) is 4.08. The van der Waals surface area contributed by atoms with Gasteiger partial charge in [0.25, 0.3) is 0 Å². The monoisotopic (exact) mass is 401 g/mol. The Bertz CT molecular complexity index is 1110. The van der Waals surface area contributed by atoms with Crippen LogP contribution in [-0.4, -0.2) is 23.8 Å². The molecular formula is C22H18F3NO3. The third kappa shape index (κ3) is 3.41. The van der Waals surface area contributed by atoms with Crippen LogP contribution in [0.4, 0.5) is 13.2 Å². The number of nitrogens with one attached hydrogen (secondary N) is 1. The van der Waals surface area contributed by atoms with Gasteiger partial charge in [0.2, 0.25) is 0 Å². The van der Waals surface area contributed by atoms with Gasteiger partial charge < -0.3 is 9.72 Å². The summed E-state index contributed by atoms with van der Waals surface area (Å²) >= 11 is 0. The second-order valence-corrected chi connectivity index (χ2v) is 7.19. The Kier molecular flexibility index (Phi) is 4.68. The molecule has 3 aromatic rings. The molecule has 0 bridgehead atoms. The summed E-state index contributed by atoms with van der Waals surface area (Å²) in [5.41, 5.74) is 1.93. The maximum atomic E-state index is 13.0. The van der Waals surface area contributed by atoms with Gasteiger partial charge in [-0.3, -0.25) is 4.79 Å². The molecule has 1 aliphatic rings. The number of carbonyl (C=O) groups is 2. The number of methoxy groups -OCH3 is 1. The molecule has 150 valence electrons. The standard InChI is InChI=1S/C22H18F3NO3/c1-29-21(28)15-6-3-7-16-18(15)19-17(27)9-8-13(20(19)26-16)10-12-4-2-5-14(11-12)22(23,24)25/h2-7,11,13,26H,8-10H2,1H3. The molecule has 0 saturated carbocycles. The lowest BCUT2D eigenvalue weighted by Crippen LogP contribution is -2.17. The molecule has 29 heavy (non-hydrogen) atoms. The number of hydrogen-bond donors (Lipinski definition) is 1. The lowest BCUT2D eigenvalue weighted by atomic mass is 9.81. The number of aromatic amines is 1. The summed E-state index contributed by atoms with van der Waals surface area (Å²) in [5, 5.41) is 0.521. The highest BCUT2D eigenvalue weighted by atomic mass is 19.4. The number of benzene rings is 2. The normalized spacial score (nSPS) is 16.7. The number of Topliss-reactive ketones (excluding diaryl/α,β-unsaturated/α-hetero) is 1. The highest BCUT2D eigenvalue weighted by Crippen LogP contribution is 2.39. The van der Waals surface area contributed by atoms with Crippen molar-refractivity contribution >= 4 is 22.7 Å². The molecule has 0 saturated heterocycles. The largest absolute Gasteiger partial charge is 0.465 e. The summed E-state index contributed by atoms with van der Waals surface area (Å²) in [6, 6.07) is 10.3. The van der Waals surface area contributed by atoms with E-state index in [0.29, 0.717) is 46.1 Å². The van der Waals surface area contributed by atoms with Gasteiger partial charge in [0.15, 0.2) is 5.78 Å². The van der Waals surface area contributed by atoms with E-state index < -0.39 is 17.7 Å². The van der Waals surface area contributed by atoms with Gasteiger partial charge in [-0.15, -0.1) is 0 Å². The Morgan fingerprint density at radius 1 is 1.21 bits per heavy atom. The van der Waals surface area contributed by atoms with Crippen molar-refractivity contribution in [1.82, 2.24) is 4.98 Å². The molecule has 1 heterocycles. The second kappa shape index (κ2) is 7.06. The van der Waals surface area contributed by atoms with Crippen LogP contribution in [0.1, 0.15) is 56.3 Å². The topological polar surface area (TPSA) is 59.2 Å². The van der Waals surface area contributed by atoms with Gasteiger partial charge in [-0.25, -0.2) is 4.79 Å². The number of ketones is 1. The molecule has 1 unspecified atom stereocenters. The lowest BCUT2D eigenvalue weighted by Gasteiger charge is -2.22. The van der Waals surface area contributed by atoms with Gasteiger partial charge in [-0.2, -0.15) is 13.2 Å². The van der Waals surface area contributed by atoms with Crippen LogP contribution >= 0.6 is 0 Å². The lowest BCUT2D eigenvalue weighted by molar-refractivity contribution is -0.137. The van der Waals surface area contributed by atoms with Crippen LogP contribution in [0.25, 0.3) is 10.9 Å². The number of halogens is 3. The first kappa shape index (κ1) is 19.2. The summed E-state index contributed by atoms with van der Waals surface area (Å²) in [6.07, 6.45) is -3.23. The van der Waals surface area contributed by atoms with Gasteiger partial charge in [0.1, 0.15) is 0 Å². The van der Waals surface area contributed by atoms with Crippen LogP contribution in [0.5, 0.6) is 0 Å². The van der Waals surface area contributed by atoms with Crippen molar-refractivity contribution in [2.45, 2.75) is 31.4 Å². The number of carbonyl (C=O) groups excluding carboxylic acids is 2. The zero-order valence-electron chi connectivity index (χ0n) is 15.6. The minimum atomic E-state index is -4.40. The van der Waals surface area contributed by atoms with E-state index in [9.17, 15) is 22.8 Å². The fourth-order valence-electron chi connectivity index (χ4n) is 4.08. The first-order valence-corrected chi connectivity index (χ1v) is 9.22. The molecule has 0 aliphatic heterocycles. The van der Waals surface area contributed by atoms with Crippen molar-refractivity contribution in [2.75, 3.05) is 7.11 Å². The van der Waals surface area contributed by atoms with Crippen LogP contribution in [0.15, 0.2) is 42.5 Å². The van der Waals surface area contributed by atoms with E-state index in [1.165, 1.54) is 13.2 Å². The molecule has 0 radical (unpaired) electrons. The Hall–Kier alpha value is -3.09. The van der Waals surface area contributed by atoms with E-state index in [1.54, 1.807) is 24.3 Å². The number of rotatable bonds is 3. The van der Waals surface area contributed by atoms with Gasteiger partial charge in [-0.05, 0) is 36.6 Å². The van der Waals surface area contributed by atoms with E-state index in [1.807, 2.05) is 0 Å². The van der Waals surface area contributed by atoms with Crippen molar-refractivity contribution in [3.05, 3.63) is 70.4 Å². The van der Waals surface area contributed by atoms with E-state index in [2.05, 4.69) is 4.98 Å². The summed E-state index contributed by atoms with van der Waals surface area (Å²) in [5.74, 6) is -0.767. The predicted octanol–water partition coefficient (Wildman–Crippen LogP) is 5.28. The van der Waals surface area contributed by atoms with Gasteiger partial charge in [0, 0.05) is 34.5 Å². The average molecular weight is 401 g/mol. The quantitative estimate of drug-likeness (QED) is 0.608. The molecule has 1 atom stereocenters. The van der Waals surface area contributed by atoms with Crippen molar-refractivity contribution in [3.63, 3.8) is 0 Å². The van der Waals surface area contributed by atoms with Crippen LogP contribution < -0.4 is 0 Å². The maximum Gasteiger partial charge on any atom is 0.416 e. The molecular weight excluding hydrogens is 383 g/mol. The van der Waals surface area contributed by atoms with Gasteiger partial charge in [-0.1, -0.05) is 24.3 Å². The van der Waals surface area contributed by atoms with E-state index in [0.717, 1.165) is 12.1 Å². The molecule has 0 amide bonds. The van der Waals surface area contributed by atoms with Crippen molar-refractivity contribution < 1.29 is 27.5 Å². The molecule has 2 aromatic carbocycles. The summed E-state index contributed by atoms with van der Waals surface area (Å²) in [6.45, 7) is 0. The minimum absolute atomic E-state index is 0.0807. The number of hydrogen-bond acceptors (Lipinski definition) is 3. The zero-order chi connectivity index (χ0) is 20.8. The summed E-state index contributed by atoms with van der Waals surface area (Å²) in [4.78, 5) is 28.1. The first-order valence-electron chi connectivity index (χ1n) is 9.22. The second-order valence-electron chi connectivity index (χ2n) is 7.19. The average Bonchev–Trinajstić information content (AvgIpc) is 3.10. The van der Waals surface area contributed by atoms with Crippen molar-refractivity contribution in [3.8, 4) is 0 Å². The highest BCUT2D eigenvalue weighted by molar-refractivity contribution is 6.16. The number of esters is 1. The van der Waals surface area contributed by atoms with Crippen LogP contribution in [-0.2, 0) is 17.3 Å². The SMILES string of the molecule is COC(=O)c1cccc2[nH]c3c(c12)C(=O)CCC3Cc1cccc(C(F)(F)F)c1. The van der Waals surface area contributed by atoms with Gasteiger partial charge in [0.05, 0.1) is 18.2 Å². The smallest absolute Gasteiger partial charge is 0.416 e. The molecule has 1 aliphatic carbocycles. The van der Waals surface area contributed by atoms with Crippen LogP contribution in [0.2, 0.25) is 0 Å². The molecule has 7 heteroatoms. The molecule has 4 rings (SSSR count). The fraction of sp³-hybridized carbons (Fsp3) is 0.273. The molecule has 4 nitrogen and oxygen atoms in total. The first-order chi connectivity index (χ1) is 13.8. The van der Waals surface area contributed by atoms with E-state index in [-0.39, 0.29) is 18.1 Å². The van der Waals surface area contributed by atoms with Gasteiger partial charge >= 0.3 is 12.1 Å². The highest BCUT2D eigenvalue weighted by Gasteiger charge is 2.33. The third-order valence-electron chi connectivity index (χ3n) is 5.40. The summed E-state index contributed by atoms with van der Waals surface area (Å²) in [7, 11) is 1.28. The Balaban J connectivity index is 1.78. The Morgan fingerprint density at radius 2 is 1.97 bits per heavy atom. The molecule has 0 spiro atoms. The maximum absolute atomic E-state index is 13.0. The number of ether oxygens (including phenoxy) is 1. The Labute approximate surface area is 164 Å². The van der Waals surface area contributed by atoms with Crippen LogP contribution in [0.3, 0.4) is 0 Å². The van der Waals surface area contributed by atoms with E-state index >= 15 is 0 Å². The zero-order valence-corrected chi connectivity index (χ0v) is 15.6. The summed E-state index contributed by atoms with van der Waals surface area (Å²) < 4.78 is 43.9. The Morgan fingerprint density at radius 3 is 2.69 bits per heavy atom. The number of alkyl halides is 3. The van der Waals surface area contributed by atoms with Crippen molar-refractivity contribution in [1.29, 1.82) is 0 Å². The van der Waals surface area contributed by atoms with Crippen LogP contribution in [0, 0.1) is 0 Å². The van der Waals surface area contributed by atoms with E-state index in [4.69, 9.17) is 4.74 Å². The number of aromatic nitrogens is 1. The molecule has 1 N–H and O–H groups in total. The number of H-pyrrole nitrogens is 1. The molecule has 1 aromatic heterocycles. The number of fused-ring (bicyclic) bond motifs is 3. The minimum Gasteiger partial charge on any atom is -0.465 e. The molecule has 0 fully saturated rings. The third-order valence-corrected chi connectivity index (χ3v) is 5.40.